The molecule has 1 unspecified atom stereocenters. The molecule has 0 spiro atoms. The highest BCUT2D eigenvalue weighted by Gasteiger charge is 2.11. The van der Waals surface area contributed by atoms with Crippen molar-refractivity contribution in [2.24, 2.45) is 0 Å². The maximum atomic E-state index is 9.06. The molecule has 4 nitrogen and oxygen atoms in total. The van der Waals surface area contributed by atoms with Crippen molar-refractivity contribution < 1.29 is 0 Å². The molecule has 1 N–H and O–H groups in total. The number of hydrogen-bond donors (Lipinski definition) is 1. The van der Waals surface area contributed by atoms with E-state index in [1.165, 1.54) is 0 Å². The number of likely N-dealkylation sites (N-methyl/N-ethyl adjacent to an activating group) is 1. The summed E-state index contributed by atoms with van der Waals surface area (Å²) < 4.78 is 0. The van der Waals surface area contributed by atoms with Crippen LogP contribution in [0.4, 0.5) is 0 Å². The third-order valence-corrected chi connectivity index (χ3v) is 2.76. The van der Waals surface area contributed by atoms with Gasteiger partial charge in [-0.25, -0.2) is 0 Å². The zero-order chi connectivity index (χ0) is 13.1. The Morgan fingerprint density at radius 2 is 1.94 bits per heavy atom. The number of nitriles is 1. The Morgan fingerprint density at radius 1 is 1.24 bits per heavy atom. The van der Waals surface area contributed by atoms with Crippen molar-refractivity contribution >= 4 is 0 Å². The molecule has 0 aliphatic heterocycles. The average molecular weight is 240 g/mol. The summed E-state index contributed by atoms with van der Waals surface area (Å²) in [5, 5.41) is 12.3. The Labute approximate surface area is 107 Å². The molecule has 0 aliphatic carbocycles. The fraction of sp³-hybridized carbons (Fsp3) is 0.923. The zero-order valence-electron chi connectivity index (χ0n) is 11.9. The van der Waals surface area contributed by atoms with Crippen LogP contribution in [0.5, 0.6) is 0 Å². The van der Waals surface area contributed by atoms with E-state index in [1.54, 1.807) is 0 Å². The highest BCUT2D eigenvalue weighted by molar-refractivity contribution is 4.91. The lowest BCUT2D eigenvalue weighted by Gasteiger charge is -2.24. The Bertz CT molecular complexity index is 210. The topological polar surface area (TPSA) is 42.3 Å². The van der Waals surface area contributed by atoms with Crippen LogP contribution < -0.4 is 5.32 Å². The lowest BCUT2D eigenvalue weighted by atomic mass is 10.2. The van der Waals surface area contributed by atoms with Crippen LogP contribution in [0.1, 0.15) is 26.7 Å². The fourth-order valence-electron chi connectivity index (χ4n) is 1.72. The monoisotopic (exact) mass is 240 g/mol. The molecular formula is C13H28N4. The Kier molecular flexibility index (Phi) is 10.1. The van der Waals surface area contributed by atoms with Gasteiger partial charge in [0.15, 0.2) is 0 Å². The predicted octanol–water partition coefficient (Wildman–Crippen LogP) is 1.15. The van der Waals surface area contributed by atoms with Gasteiger partial charge in [0, 0.05) is 6.54 Å². The molecule has 4 heteroatoms. The van der Waals surface area contributed by atoms with E-state index in [9.17, 15) is 0 Å². The van der Waals surface area contributed by atoms with Crippen molar-refractivity contribution in [3.63, 3.8) is 0 Å². The molecule has 0 bridgehead atoms. The average Bonchev–Trinajstić information content (AvgIpc) is 2.31. The van der Waals surface area contributed by atoms with E-state index in [-0.39, 0.29) is 6.04 Å². The van der Waals surface area contributed by atoms with Gasteiger partial charge in [0.2, 0.25) is 0 Å². The summed E-state index contributed by atoms with van der Waals surface area (Å²) in [6.45, 7) is 9.23. The van der Waals surface area contributed by atoms with Crippen molar-refractivity contribution in [1.82, 2.24) is 15.1 Å². The second kappa shape index (κ2) is 10.5. The van der Waals surface area contributed by atoms with E-state index in [4.69, 9.17) is 5.26 Å². The number of nitrogens with zero attached hydrogens (tertiary/aromatic N) is 3. The second-order valence-electron chi connectivity index (χ2n) is 4.69. The van der Waals surface area contributed by atoms with Gasteiger partial charge in [0.25, 0.3) is 0 Å². The molecule has 100 valence electrons. The Morgan fingerprint density at radius 3 is 2.41 bits per heavy atom. The lowest BCUT2D eigenvalue weighted by molar-refractivity contribution is 0.253. The van der Waals surface area contributed by atoms with Gasteiger partial charge < -0.3 is 15.1 Å². The quantitative estimate of drug-likeness (QED) is 0.622. The summed E-state index contributed by atoms with van der Waals surface area (Å²) in [6.07, 6.45) is 2.23. The molecule has 0 radical (unpaired) electrons. The summed E-state index contributed by atoms with van der Waals surface area (Å²) in [6, 6.07) is 2.30. The van der Waals surface area contributed by atoms with E-state index < -0.39 is 0 Å². The molecule has 0 aromatic heterocycles. The van der Waals surface area contributed by atoms with Crippen molar-refractivity contribution in [2.45, 2.75) is 32.7 Å². The standard InChI is InChI=1S/C13H28N4/c1-5-8-15-13(11-14)12-17(6-2)10-7-9-16(3)4/h13,15H,5-10,12H2,1-4H3. The molecule has 17 heavy (non-hydrogen) atoms. The minimum atomic E-state index is -0.0331. The highest BCUT2D eigenvalue weighted by atomic mass is 15.1. The van der Waals surface area contributed by atoms with Crippen LogP contribution in [0.2, 0.25) is 0 Å². The van der Waals surface area contributed by atoms with Crippen LogP contribution in [0.15, 0.2) is 0 Å². The molecular weight excluding hydrogens is 212 g/mol. The molecule has 0 aromatic rings. The number of hydrogen-bond acceptors (Lipinski definition) is 4. The molecule has 0 fully saturated rings. The molecule has 0 amide bonds. The van der Waals surface area contributed by atoms with Crippen LogP contribution in [0.25, 0.3) is 0 Å². The summed E-state index contributed by atoms with van der Waals surface area (Å²) in [4.78, 5) is 4.55. The first-order chi connectivity index (χ1) is 8.13. The molecule has 0 heterocycles. The minimum absolute atomic E-state index is 0.0331. The van der Waals surface area contributed by atoms with Gasteiger partial charge in [-0.1, -0.05) is 13.8 Å². The van der Waals surface area contributed by atoms with Crippen molar-refractivity contribution in [2.75, 3.05) is 46.8 Å². The smallest absolute Gasteiger partial charge is 0.108 e. The van der Waals surface area contributed by atoms with E-state index in [0.29, 0.717) is 0 Å². The zero-order valence-corrected chi connectivity index (χ0v) is 11.9. The highest BCUT2D eigenvalue weighted by Crippen LogP contribution is 1.96. The van der Waals surface area contributed by atoms with E-state index in [0.717, 1.165) is 45.6 Å². The van der Waals surface area contributed by atoms with Gasteiger partial charge >= 0.3 is 0 Å². The van der Waals surface area contributed by atoms with Gasteiger partial charge in [-0.2, -0.15) is 5.26 Å². The Balaban J connectivity index is 3.88. The van der Waals surface area contributed by atoms with Gasteiger partial charge in [0.1, 0.15) is 6.04 Å². The molecule has 0 rings (SSSR count). The first-order valence-electron chi connectivity index (χ1n) is 6.64. The largest absolute Gasteiger partial charge is 0.309 e. The first-order valence-corrected chi connectivity index (χ1v) is 6.64. The van der Waals surface area contributed by atoms with E-state index >= 15 is 0 Å². The predicted molar refractivity (Wildman–Crippen MR) is 73.0 cm³/mol. The van der Waals surface area contributed by atoms with Gasteiger partial charge in [-0.05, 0) is 53.1 Å². The SMILES string of the molecule is CCCNC(C#N)CN(CC)CCCN(C)C. The van der Waals surface area contributed by atoms with Gasteiger partial charge in [0.05, 0.1) is 6.07 Å². The third kappa shape index (κ3) is 9.11. The van der Waals surface area contributed by atoms with E-state index in [2.05, 4.69) is 49.1 Å². The Hall–Kier alpha value is -0.630. The molecule has 0 saturated heterocycles. The van der Waals surface area contributed by atoms with Crippen molar-refractivity contribution in [3.05, 3.63) is 0 Å². The summed E-state index contributed by atoms with van der Waals surface area (Å²) >= 11 is 0. The summed E-state index contributed by atoms with van der Waals surface area (Å²) in [5.41, 5.74) is 0. The second-order valence-corrected chi connectivity index (χ2v) is 4.69. The molecule has 0 aromatic carbocycles. The first kappa shape index (κ1) is 16.4. The summed E-state index contributed by atoms with van der Waals surface area (Å²) in [5.74, 6) is 0. The van der Waals surface area contributed by atoms with Crippen LogP contribution in [0, 0.1) is 11.3 Å². The normalized spacial score (nSPS) is 13.0. The lowest BCUT2D eigenvalue weighted by Crippen LogP contribution is -2.41. The van der Waals surface area contributed by atoms with Crippen molar-refractivity contribution in [1.29, 1.82) is 5.26 Å². The summed E-state index contributed by atoms with van der Waals surface area (Å²) in [7, 11) is 4.19. The molecule has 1 atom stereocenters. The molecule has 0 saturated carbocycles. The van der Waals surface area contributed by atoms with Gasteiger partial charge in [-0.15, -0.1) is 0 Å². The van der Waals surface area contributed by atoms with Crippen LogP contribution in [0.3, 0.4) is 0 Å². The van der Waals surface area contributed by atoms with Crippen molar-refractivity contribution in [3.8, 4) is 6.07 Å². The maximum Gasteiger partial charge on any atom is 0.108 e. The number of rotatable bonds is 10. The van der Waals surface area contributed by atoms with E-state index in [1.807, 2.05) is 0 Å². The van der Waals surface area contributed by atoms with Crippen LogP contribution >= 0.6 is 0 Å². The maximum absolute atomic E-state index is 9.06. The number of nitrogens with one attached hydrogen (secondary N) is 1. The minimum Gasteiger partial charge on any atom is -0.309 e. The third-order valence-electron chi connectivity index (χ3n) is 2.76. The van der Waals surface area contributed by atoms with Crippen LogP contribution in [-0.2, 0) is 0 Å². The fourth-order valence-corrected chi connectivity index (χ4v) is 1.72. The van der Waals surface area contributed by atoms with Gasteiger partial charge in [-0.3, -0.25) is 0 Å². The molecule has 0 aliphatic rings. The van der Waals surface area contributed by atoms with Crippen LogP contribution in [-0.4, -0.2) is 62.7 Å².